The van der Waals surface area contributed by atoms with Crippen LogP contribution in [0.5, 0.6) is 0 Å². The molecule has 33 heavy (non-hydrogen) atoms. The number of benzene rings is 1. The van der Waals surface area contributed by atoms with Gasteiger partial charge < -0.3 is 14.5 Å². The normalized spacial score (nSPS) is 19.3. The minimum Gasteiger partial charge on any atom is -0.379 e. The number of morpholine rings is 1. The van der Waals surface area contributed by atoms with Crippen molar-refractivity contribution in [3.05, 3.63) is 54.2 Å². The Labute approximate surface area is 195 Å². The number of amides is 1. The van der Waals surface area contributed by atoms with E-state index in [1.165, 1.54) is 10.5 Å². The van der Waals surface area contributed by atoms with Gasteiger partial charge in [-0.2, -0.15) is 4.31 Å². The van der Waals surface area contributed by atoms with Crippen molar-refractivity contribution in [2.24, 2.45) is 0 Å². The van der Waals surface area contributed by atoms with Crippen LogP contribution in [0.15, 0.2) is 53.6 Å². The number of carbonyl (C=O) groups excluding carboxylic acids is 1. The molecule has 0 radical (unpaired) electrons. The molecule has 178 valence electrons. The van der Waals surface area contributed by atoms with Gasteiger partial charge in [0.2, 0.25) is 15.9 Å². The van der Waals surface area contributed by atoms with Gasteiger partial charge >= 0.3 is 0 Å². The van der Waals surface area contributed by atoms with Gasteiger partial charge in [-0.05, 0) is 17.7 Å². The van der Waals surface area contributed by atoms with Gasteiger partial charge in [-0.15, -0.1) is 0 Å². The third-order valence-corrected chi connectivity index (χ3v) is 8.00. The molecular weight excluding hydrogens is 442 g/mol. The number of nitrogens with zero attached hydrogens (tertiary/aromatic N) is 5. The number of aromatic nitrogens is 1. The number of piperazine rings is 1. The Kier molecular flexibility index (Phi) is 7.28. The quantitative estimate of drug-likeness (QED) is 0.620. The molecule has 0 spiro atoms. The molecule has 10 heteroatoms. The summed E-state index contributed by atoms with van der Waals surface area (Å²) < 4.78 is 32.3. The van der Waals surface area contributed by atoms with E-state index in [1.807, 2.05) is 30.3 Å². The minimum absolute atomic E-state index is 0.0606. The highest BCUT2D eigenvalue weighted by molar-refractivity contribution is 7.89. The zero-order valence-corrected chi connectivity index (χ0v) is 19.9. The van der Waals surface area contributed by atoms with Crippen LogP contribution in [0.3, 0.4) is 0 Å². The van der Waals surface area contributed by atoms with Gasteiger partial charge in [-0.1, -0.05) is 30.3 Å². The Bertz CT molecular complexity index is 1030. The summed E-state index contributed by atoms with van der Waals surface area (Å²) in [4.78, 5) is 23.6. The number of hydrogen-bond acceptors (Lipinski definition) is 7. The summed E-state index contributed by atoms with van der Waals surface area (Å²) in [6.07, 6.45) is 1.44. The van der Waals surface area contributed by atoms with Crippen LogP contribution in [0.4, 0.5) is 5.82 Å². The lowest BCUT2D eigenvalue weighted by Gasteiger charge is -2.40. The number of hydrogen-bond donors (Lipinski definition) is 0. The second-order valence-electron chi connectivity index (χ2n) is 8.44. The van der Waals surface area contributed by atoms with Crippen molar-refractivity contribution in [2.75, 3.05) is 71.5 Å². The molecule has 9 nitrogen and oxygen atoms in total. The maximum atomic E-state index is 12.9. The molecule has 1 unspecified atom stereocenters. The number of likely N-dealkylation sites (N-methyl/N-ethyl adjacent to an activating group) is 1. The van der Waals surface area contributed by atoms with Gasteiger partial charge in [0.1, 0.15) is 16.8 Å². The van der Waals surface area contributed by atoms with Gasteiger partial charge in [-0.25, -0.2) is 13.4 Å². The third-order valence-electron chi connectivity index (χ3n) is 6.12. The number of anilines is 1. The summed E-state index contributed by atoms with van der Waals surface area (Å²) in [6.45, 7) is 4.35. The van der Waals surface area contributed by atoms with E-state index in [4.69, 9.17) is 4.74 Å². The summed E-state index contributed by atoms with van der Waals surface area (Å²) in [6, 6.07) is 12.9. The lowest BCUT2D eigenvalue weighted by Crippen LogP contribution is -2.51. The highest BCUT2D eigenvalue weighted by Gasteiger charge is 2.32. The van der Waals surface area contributed by atoms with Crippen molar-refractivity contribution in [1.29, 1.82) is 0 Å². The predicted octanol–water partition coefficient (Wildman–Crippen LogP) is 1.05. The average Bonchev–Trinajstić information content (AvgIpc) is 2.86. The first-order chi connectivity index (χ1) is 15.9. The molecule has 3 heterocycles. The van der Waals surface area contributed by atoms with E-state index in [0.29, 0.717) is 52.5 Å². The van der Waals surface area contributed by atoms with E-state index in [2.05, 4.69) is 14.8 Å². The van der Waals surface area contributed by atoms with Crippen LogP contribution in [0, 0.1) is 0 Å². The van der Waals surface area contributed by atoms with Crippen LogP contribution in [0.1, 0.15) is 11.6 Å². The summed E-state index contributed by atoms with van der Waals surface area (Å²) in [7, 11) is 0.00948. The Morgan fingerprint density at radius 3 is 2.21 bits per heavy atom. The highest BCUT2D eigenvalue weighted by atomic mass is 32.2. The van der Waals surface area contributed by atoms with E-state index in [-0.39, 0.29) is 16.8 Å². The van der Waals surface area contributed by atoms with Crippen molar-refractivity contribution in [1.82, 2.24) is 19.1 Å². The zero-order valence-electron chi connectivity index (χ0n) is 19.1. The molecule has 2 aliphatic heterocycles. The number of pyridine rings is 1. The fourth-order valence-electron chi connectivity index (χ4n) is 4.25. The summed E-state index contributed by atoms with van der Waals surface area (Å²) >= 11 is 0. The second-order valence-corrected chi connectivity index (χ2v) is 10.4. The van der Waals surface area contributed by atoms with Crippen molar-refractivity contribution < 1.29 is 17.9 Å². The van der Waals surface area contributed by atoms with Gasteiger partial charge in [0.15, 0.2) is 0 Å². The van der Waals surface area contributed by atoms with E-state index >= 15 is 0 Å². The molecule has 2 aliphatic rings. The lowest BCUT2D eigenvalue weighted by atomic mass is 10.0. The first-order valence-electron chi connectivity index (χ1n) is 11.2. The van der Waals surface area contributed by atoms with Gasteiger partial charge in [0, 0.05) is 59.6 Å². The van der Waals surface area contributed by atoms with E-state index in [0.717, 1.165) is 11.4 Å². The first-order valence-corrected chi connectivity index (χ1v) is 12.6. The summed E-state index contributed by atoms with van der Waals surface area (Å²) in [5, 5.41) is 0. The third kappa shape index (κ3) is 5.19. The van der Waals surface area contributed by atoms with Gasteiger partial charge in [-0.3, -0.25) is 9.69 Å². The SMILES string of the molecule is CN(C)C(=O)C(c1ccccc1)N1CCN(c2ccc(S(=O)(=O)N3CCOCC3)cn2)CC1. The number of ether oxygens (including phenoxy) is 1. The maximum absolute atomic E-state index is 12.9. The van der Waals surface area contributed by atoms with Crippen LogP contribution in [-0.4, -0.2) is 100.0 Å². The number of sulfonamides is 1. The molecule has 2 aromatic rings. The van der Waals surface area contributed by atoms with Gasteiger partial charge in [0.05, 0.1) is 13.2 Å². The van der Waals surface area contributed by atoms with E-state index in [9.17, 15) is 13.2 Å². The largest absolute Gasteiger partial charge is 0.379 e. The van der Waals surface area contributed by atoms with Crippen LogP contribution >= 0.6 is 0 Å². The number of rotatable bonds is 6. The van der Waals surface area contributed by atoms with Crippen molar-refractivity contribution in [2.45, 2.75) is 10.9 Å². The van der Waals surface area contributed by atoms with Crippen molar-refractivity contribution >= 4 is 21.7 Å². The highest BCUT2D eigenvalue weighted by Crippen LogP contribution is 2.26. The monoisotopic (exact) mass is 473 g/mol. The molecule has 0 saturated carbocycles. The Morgan fingerprint density at radius 1 is 0.970 bits per heavy atom. The standard InChI is InChI=1S/C23H31N5O4S/c1-25(2)23(29)22(19-6-4-3-5-7-19)27-12-10-26(11-13-27)21-9-8-20(18-24-21)33(30,31)28-14-16-32-17-15-28/h3-9,18,22H,10-17H2,1-2H3. The van der Waals surface area contributed by atoms with Crippen molar-refractivity contribution in [3.63, 3.8) is 0 Å². The fourth-order valence-corrected chi connectivity index (χ4v) is 5.60. The Hall–Kier alpha value is -2.53. The zero-order chi connectivity index (χ0) is 23.4. The Morgan fingerprint density at radius 2 is 1.64 bits per heavy atom. The minimum atomic E-state index is -3.56. The smallest absolute Gasteiger partial charge is 0.244 e. The van der Waals surface area contributed by atoms with E-state index in [1.54, 1.807) is 31.1 Å². The molecule has 1 aromatic heterocycles. The molecule has 4 rings (SSSR count). The topological polar surface area (TPSA) is 86.3 Å². The van der Waals surface area contributed by atoms with Crippen LogP contribution in [0.2, 0.25) is 0 Å². The fraction of sp³-hybridized carbons (Fsp3) is 0.478. The molecule has 1 amide bonds. The van der Waals surface area contributed by atoms with Crippen LogP contribution < -0.4 is 4.90 Å². The second kappa shape index (κ2) is 10.2. The molecule has 2 fully saturated rings. The molecule has 1 atom stereocenters. The van der Waals surface area contributed by atoms with Crippen molar-refractivity contribution in [3.8, 4) is 0 Å². The summed E-state index contributed by atoms with van der Waals surface area (Å²) in [5.74, 6) is 0.802. The molecule has 0 aliphatic carbocycles. The first kappa shape index (κ1) is 23.6. The molecular formula is C23H31N5O4S. The molecule has 0 bridgehead atoms. The molecule has 0 N–H and O–H groups in total. The number of carbonyl (C=O) groups is 1. The molecule has 1 aromatic carbocycles. The average molecular weight is 474 g/mol. The summed E-state index contributed by atoms with van der Waals surface area (Å²) in [5.41, 5.74) is 0.987. The Balaban J connectivity index is 1.43. The van der Waals surface area contributed by atoms with Crippen LogP contribution in [-0.2, 0) is 19.6 Å². The van der Waals surface area contributed by atoms with E-state index < -0.39 is 10.0 Å². The maximum Gasteiger partial charge on any atom is 0.244 e. The molecule has 2 saturated heterocycles. The van der Waals surface area contributed by atoms with Crippen LogP contribution in [0.25, 0.3) is 0 Å². The van der Waals surface area contributed by atoms with Gasteiger partial charge in [0.25, 0.3) is 0 Å². The predicted molar refractivity (Wildman–Crippen MR) is 125 cm³/mol. The lowest BCUT2D eigenvalue weighted by molar-refractivity contribution is -0.134.